The van der Waals surface area contributed by atoms with Crippen LogP contribution in [0.1, 0.15) is 25.4 Å². The van der Waals surface area contributed by atoms with Gasteiger partial charge in [0.2, 0.25) is 5.91 Å². The lowest BCUT2D eigenvalue weighted by Crippen LogP contribution is -2.39. The Morgan fingerprint density at radius 1 is 1.47 bits per heavy atom. The maximum atomic E-state index is 11.2. The highest BCUT2D eigenvalue weighted by Crippen LogP contribution is 2.22. The third-order valence-electron chi connectivity index (χ3n) is 2.65. The normalized spacial score (nSPS) is 21.3. The van der Waals surface area contributed by atoms with Crippen LogP contribution < -0.4 is 5.32 Å². The van der Waals surface area contributed by atoms with Crippen LogP contribution in [0.4, 0.5) is 0 Å². The fourth-order valence-electron chi connectivity index (χ4n) is 1.90. The molecule has 1 fully saturated rings. The number of hydrogen-bond donors (Lipinski definition) is 1. The van der Waals surface area contributed by atoms with Crippen LogP contribution in [-0.2, 0) is 14.1 Å². The van der Waals surface area contributed by atoms with Crippen molar-refractivity contribution in [1.29, 1.82) is 0 Å². The van der Waals surface area contributed by atoms with Gasteiger partial charge < -0.3 is 14.6 Å². The first kappa shape index (κ1) is 12.1. The van der Waals surface area contributed by atoms with E-state index in [4.69, 9.17) is 9.31 Å². The Kier molecular flexibility index (Phi) is 3.81. The Balaban J connectivity index is 2.16. The van der Waals surface area contributed by atoms with Crippen LogP contribution in [0.3, 0.4) is 0 Å². The first-order valence-corrected chi connectivity index (χ1v) is 5.76. The van der Waals surface area contributed by atoms with Crippen LogP contribution in [0.25, 0.3) is 0 Å². The van der Waals surface area contributed by atoms with Gasteiger partial charge in [0.25, 0.3) is 0 Å². The van der Waals surface area contributed by atoms with Crippen molar-refractivity contribution in [3.05, 3.63) is 35.9 Å². The molecule has 1 aromatic rings. The first-order chi connectivity index (χ1) is 8.16. The van der Waals surface area contributed by atoms with Crippen molar-refractivity contribution in [1.82, 2.24) is 5.32 Å². The minimum Gasteiger partial charge on any atom is -0.407 e. The zero-order valence-corrected chi connectivity index (χ0v) is 10.1. The summed E-state index contributed by atoms with van der Waals surface area (Å²) in [6.45, 7) is 4.01. The SMILES string of the molecule is CC(=O)N[C@@H](B1OC[C@H](C)O1)c1ccccc1. The smallest absolute Gasteiger partial charge is 0.407 e. The average molecular weight is 233 g/mol. The predicted octanol–water partition coefficient (Wildman–Crippen LogP) is 1.33. The summed E-state index contributed by atoms with van der Waals surface area (Å²) < 4.78 is 11.2. The quantitative estimate of drug-likeness (QED) is 0.801. The summed E-state index contributed by atoms with van der Waals surface area (Å²) in [5, 5.41) is 2.87. The Morgan fingerprint density at radius 2 is 2.18 bits per heavy atom. The van der Waals surface area contributed by atoms with E-state index in [2.05, 4.69) is 5.32 Å². The minimum atomic E-state index is -0.406. The van der Waals surface area contributed by atoms with Crippen molar-refractivity contribution >= 4 is 13.0 Å². The lowest BCUT2D eigenvalue weighted by Gasteiger charge is -2.20. The molecule has 90 valence electrons. The second-order valence-electron chi connectivity index (χ2n) is 4.24. The second kappa shape index (κ2) is 5.34. The largest absolute Gasteiger partial charge is 0.486 e. The topological polar surface area (TPSA) is 47.6 Å². The van der Waals surface area contributed by atoms with Gasteiger partial charge in [-0.25, -0.2) is 0 Å². The molecular formula is C12H16BNO3. The maximum Gasteiger partial charge on any atom is 0.486 e. The number of hydrogen-bond acceptors (Lipinski definition) is 3. The fraction of sp³-hybridized carbons (Fsp3) is 0.417. The second-order valence-corrected chi connectivity index (χ2v) is 4.24. The molecule has 1 aliphatic rings. The molecule has 2 atom stereocenters. The van der Waals surface area contributed by atoms with Gasteiger partial charge in [0, 0.05) is 6.92 Å². The molecule has 1 amide bonds. The van der Waals surface area contributed by atoms with Gasteiger partial charge in [-0.05, 0) is 12.5 Å². The van der Waals surface area contributed by atoms with Crippen molar-refractivity contribution in [3.8, 4) is 0 Å². The molecule has 2 rings (SSSR count). The van der Waals surface area contributed by atoms with Gasteiger partial charge in [0.1, 0.15) is 0 Å². The lowest BCUT2D eigenvalue weighted by molar-refractivity contribution is -0.119. The maximum absolute atomic E-state index is 11.2. The fourth-order valence-corrected chi connectivity index (χ4v) is 1.90. The van der Waals surface area contributed by atoms with E-state index in [0.29, 0.717) is 6.61 Å². The van der Waals surface area contributed by atoms with Crippen molar-refractivity contribution in [3.63, 3.8) is 0 Å². The Morgan fingerprint density at radius 3 is 2.71 bits per heavy atom. The van der Waals surface area contributed by atoms with Crippen LogP contribution >= 0.6 is 0 Å². The molecule has 0 aromatic heterocycles. The Hall–Kier alpha value is -1.33. The summed E-state index contributed by atoms with van der Waals surface area (Å²) in [4.78, 5) is 11.2. The van der Waals surface area contributed by atoms with E-state index in [1.165, 1.54) is 6.92 Å². The number of benzene rings is 1. The number of amides is 1. The van der Waals surface area contributed by atoms with Gasteiger partial charge >= 0.3 is 7.12 Å². The number of carbonyl (C=O) groups excluding carboxylic acids is 1. The van der Waals surface area contributed by atoms with Gasteiger partial charge in [-0.2, -0.15) is 0 Å². The predicted molar refractivity (Wildman–Crippen MR) is 65.3 cm³/mol. The number of nitrogens with one attached hydrogen (secondary N) is 1. The van der Waals surface area contributed by atoms with E-state index in [9.17, 15) is 4.79 Å². The van der Waals surface area contributed by atoms with Gasteiger partial charge in [-0.1, -0.05) is 30.3 Å². The highest BCUT2D eigenvalue weighted by Gasteiger charge is 2.38. The zero-order chi connectivity index (χ0) is 12.3. The summed E-state index contributed by atoms with van der Waals surface area (Å²) >= 11 is 0. The van der Waals surface area contributed by atoms with Crippen molar-refractivity contribution in [2.75, 3.05) is 6.61 Å². The molecule has 0 unspecified atom stereocenters. The molecule has 1 saturated heterocycles. The van der Waals surface area contributed by atoms with E-state index >= 15 is 0 Å². The van der Waals surface area contributed by atoms with Gasteiger partial charge in [0.15, 0.2) is 0 Å². The summed E-state index contributed by atoms with van der Waals surface area (Å²) in [5.74, 6) is -0.343. The van der Waals surface area contributed by atoms with E-state index in [1.807, 2.05) is 37.3 Å². The molecule has 0 radical (unpaired) electrons. The van der Waals surface area contributed by atoms with Crippen LogP contribution in [-0.4, -0.2) is 25.7 Å². The summed E-state index contributed by atoms with van der Waals surface area (Å²) in [7, 11) is -0.406. The molecule has 17 heavy (non-hydrogen) atoms. The molecule has 1 N–H and O–H groups in total. The summed E-state index contributed by atoms with van der Waals surface area (Å²) in [6, 6.07) is 9.71. The molecule has 1 heterocycles. The van der Waals surface area contributed by atoms with E-state index in [-0.39, 0.29) is 18.0 Å². The van der Waals surface area contributed by atoms with E-state index < -0.39 is 7.12 Å². The van der Waals surface area contributed by atoms with E-state index in [1.54, 1.807) is 0 Å². The van der Waals surface area contributed by atoms with Crippen LogP contribution in [0.5, 0.6) is 0 Å². The lowest BCUT2D eigenvalue weighted by atomic mass is 9.74. The monoisotopic (exact) mass is 233 g/mol. The first-order valence-electron chi connectivity index (χ1n) is 5.76. The highest BCUT2D eigenvalue weighted by molar-refractivity contribution is 6.47. The third kappa shape index (κ3) is 3.08. The van der Waals surface area contributed by atoms with Gasteiger partial charge in [-0.3, -0.25) is 4.79 Å². The van der Waals surface area contributed by atoms with Crippen molar-refractivity contribution in [2.45, 2.75) is 25.9 Å². The Labute approximate surface area is 101 Å². The average Bonchev–Trinajstić information content (AvgIpc) is 2.73. The molecule has 5 heteroatoms. The molecule has 1 aliphatic heterocycles. The summed E-state index contributed by atoms with van der Waals surface area (Å²) in [5.41, 5.74) is 0.988. The Bertz CT molecular complexity index is 385. The summed E-state index contributed by atoms with van der Waals surface area (Å²) in [6.07, 6.45) is 0.0694. The molecule has 4 nitrogen and oxygen atoms in total. The molecule has 0 bridgehead atoms. The molecule has 0 aliphatic carbocycles. The van der Waals surface area contributed by atoms with Crippen LogP contribution in [0.15, 0.2) is 30.3 Å². The van der Waals surface area contributed by atoms with Gasteiger partial charge in [-0.15, -0.1) is 0 Å². The number of rotatable bonds is 3. The van der Waals surface area contributed by atoms with Crippen LogP contribution in [0.2, 0.25) is 0 Å². The van der Waals surface area contributed by atoms with Gasteiger partial charge in [0.05, 0.1) is 18.7 Å². The standard InChI is InChI=1S/C12H16BNO3/c1-9-8-16-13(17-9)12(14-10(2)15)11-6-4-3-5-7-11/h3-7,9,12H,8H2,1-2H3,(H,14,15)/t9-,12+/m0/s1. The molecular weight excluding hydrogens is 217 g/mol. The molecule has 1 aromatic carbocycles. The number of carbonyl (C=O) groups is 1. The minimum absolute atomic E-state index is 0.0694. The highest BCUT2D eigenvalue weighted by atomic mass is 16.6. The molecule has 0 spiro atoms. The third-order valence-corrected chi connectivity index (χ3v) is 2.65. The van der Waals surface area contributed by atoms with Crippen molar-refractivity contribution in [2.24, 2.45) is 0 Å². The van der Waals surface area contributed by atoms with E-state index in [0.717, 1.165) is 5.56 Å². The zero-order valence-electron chi connectivity index (χ0n) is 10.1. The van der Waals surface area contributed by atoms with Crippen molar-refractivity contribution < 1.29 is 14.1 Å². The molecule has 0 saturated carbocycles. The van der Waals surface area contributed by atoms with Crippen LogP contribution in [0, 0.1) is 0 Å².